The molecule has 0 N–H and O–H groups in total. The van der Waals surface area contributed by atoms with Gasteiger partial charge in [-0.1, -0.05) is 0 Å². The van der Waals surface area contributed by atoms with E-state index in [4.69, 9.17) is 4.74 Å². The minimum Gasteiger partial charge on any atom is -0.378 e. The molecule has 1 amide bonds. The lowest BCUT2D eigenvalue weighted by Crippen LogP contribution is -2.39. The Morgan fingerprint density at radius 3 is 2.52 bits per heavy atom. The van der Waals surface area contributed by atoms with Crippen LogP contribution in [0.5, 0.6) is 0 Å². The van der Waals surface area contributed by atoms with Crippen LogP contribution in [0.1, 0.15) is 16.8 Å². The summed E-state index contributed by atoms with van der Waals surface area (Å²) < 4.78 is 28.4. The van der Waals surface area contributed by atoms with E-state index in [0.29, 0.717) is 31.1 Å². The van der Waals surface area contributed by atoms with Crippen molar-refractivity contribution in [2.75, 3.05) is 49.8 Å². The van der Waals surface area contributed by atoms with Gasteiger partial charge < -0.3 is 14.5 Å². The Labute approximate surface area is 135 Å². The van der Waals surface area contributed by atoms with E-state index < -0.39 is 9.84 Å². The highest BCUT2D eigenvalue weighted by atomic mass is 32.2. The molecular formula is C14H20N4O4S. The summed E-state index contributed by atoms with van der Waals surface area (Å²) in [5.41, 5.74) is 0.369. The van der Waals surface area contributed by atoms with Gasteiger partial charge in [0.05, 0.1) is 30.3 Å². The minimum atomic E-state index is -3.02. The van der Waals surface area contributed by atoms with Crippen LogP contribution in [-0.2, 0) is 14.6 Å². The van der Waals surface area contributed by atoms with Gasteiger partial charge in [-0.05, 0) is 6.42 Å². The first kappa shape index (κ1) is 16.1. The molecule has 1 aromatic rings. The molecule has 1 atom stereocenters. The minimum absolute atomic E-state index is 0.0297. The van der Waals surface area contributed by atoms with Crippen molar-refractivity contribution in [3.05, 3.63) is 18.0 Å². The first-order valence-corrected chi connectivity index (χ1v) is 9.41. The lowest BCUT2D eigenvalue weighted by molar-refractivity contribution is 0.0746. The fourth-order valence-electron chi connectivity index (χ4n) is 2.81. The van der Waals surface area contributed by atoms with E-state index in [1.807, 2.05) is 4.90 Å². The normalized spacial score (nSPS) is 23.7. The van der Waals surface area contributed by atoms with Crippen LogP contribution in [0.15, 0.2) is 12.4 Å². The lowest BCUT2D eigenvalue weighted by atomic mass is 10.2. The summed E-state index contributed by atoms with van der Waals surface area (Å²) in [5, 5.41) is 0. The summed E-state index contributed by atoms with van der Waals surface area (Å²) in [6, 6.07) is -0.272. The van der Waals surface area contributed by atoms with Gasteiger partial charge in [-0.25, -0.2) is 18.4 Å². The van der Waals surface area contributed by atoms with Gasteiger partial charge in [0, 0.05) is 38.6 Å². The molecule has 126 valence electrons. The second-order valence-corrected chi connectivity index (χ2v) is 8.07. The SMILES string of the molecule is CN(C(=O)c1cnc(N2CCOCC2)nc1)C1CCS(=O)(=O)C1. The topological polar surface area (TPSA) is 92.7 Å². The third-order valence-corrected chi connectivity index (χ3v) is 6.01. The molecule has 1 aromatic heterocycles. The quantitative estimate of drug-likeness (QED) is 0.737. The van der Waals surface area contributed by atoms with Crippen LogP contribution in [0.4, 0.5) is 5.95 Å². The number of hydrogen-bond acceptors (Lipinski definition) is 7. The van der Waals surface area contributed by atoms with Crippen molar-refractivity contribution < 1.29 is 17.9 Å². The molecule has 3 heterocycles. The van der Waals surface area contributed by atoms with Gasteiger partial charge in [0.1, 0.15) is 0 Å². The van der Waals surface area contributed by atoms with Crippen LogP contribution in [0.3, 0.4) is 0 Å². The number of sulfone groups is 1. The number of rotatable bonds is 3. The monoisotopic (exact) mass is 340 g/mol. The van der Waals surface area contributed by atoms with Gasteiger partial charge in [0.15, 0.2) is 9.84 Å². The molecule has 2 aliphatic heterocycles. The van der Waals surface area contributed by atoms with Gasteiger partial charge in [-0.15, -0.1) is 0 Å². The van der Waals surface area contributed by atoms with Crippen molar-refractivity contribution in [3.63, 3.8) is 0 Å². The van der Waals surface area contributed by atoms with Gasteiger partial charge in [-0.3, -0.25) is 4.79 Å². The van der Waals surface area contributed by atoms with Crippen molar-refractivity contribution >= 4 is 21.7 Å². The molecule has 9 heteroatoms. The smallest absolute Gasteiger partial charge is 0.257 e. The van der Waals surface area contributed by atoms with Crippen LogP contribution >= 0.6 is 0 Å². The van der Waals surface area contributed by atoms with Gasteiger partial charge in [0.2, 0.25) is 5.95 Å². The van der Waals surface area contributed by atoms with Gasteiger partial charge in [0.25, 0.3) is 5.91 Å². The summed E-state index contributed by atoms with van der Waals surface area (Å²) in [6.07, 6.45) is 3.48. The summed E-state index contributed by atoms with van der Waals surface area (Å²) >= 11 is 0. The molecular weight excluding hydrogens is 320 g/mol. The third-order valence-electron chi connectivity index (χ3n) is 4.26. The summed E-state index contributed by atoms with van der Waals surface area (Å²) in [4.78, 5) is 24.4. The number of ether oxygens (including phenoxy) is 1. The summed E-state index contributed by atoms with van der Waals surface area (Å²) in [5.74, 6) is 0.501. The Hall–Kier alpha value is -1.74. The largest absolute Gasteiger partial charge is 0.378 e. The molecule has 0 radical (unpaired) electrons. The molecule has 0 saturated carbocycles. The molecule has 0 bridgehead atoms. The molecule has 2 fully saturated rings. The molecule has 0 aliphatic carbocycles. The van der Waals surface area contributed by atoms with E-state index >= 15 is 0 Å². The second-order valence-electron chi connectivity index (χ2n) is 5.84. The van der Waals surface area contributed by atoms with E-state index in [1.54, 1.807) is 7.05 Å². The van der Waals surface area contributed by atoms with Crippen LogP contribution in [0.25, 0.3) is 0 Å². The van der Waals surface area contributed by atoms with Crippen LogP contribution in [-0.4, -0.2) is 80.1 Å². The zero-order valence-electron chi connectivity index (χ0n) is 13.0. The Balaban J connectivity index is 1.67. The summed E-state index contributed by atoms with van der Waals surface area (Å²) in [6.45, 7) is 2.74. The zero-order valence-corrected chi connectivity index (χ0v) is 13.8. The van der Waals surface area contributed by atoms with E-state index in [-0.39, 0.29) is 23.5 Å². The predicted molar refractivity (Wildman–Crippen MR) is 84.2 cm³/mol. The zero-order chi connectivity index (χ0) is 16.4. The Morgan fingerprint density at radius 1 is 1.30 bits per heavy atom. The van der Waals surface area contributed by atoms with Crippen molar-refractivity contribution in [2.45, 2.75) is 12.5 Å². The maximum Gasteiger partial charge on any atom is 0.257 e. The predicted octanol–water partition coefficient (Wildman–Crippen LogP) is -0.428. The molecule has 2 aliphatic rings. The van der Waals surface area contributed by atoms with Crippen LogP contribution < -0.4 is 4.90 Å². The average molecular weight is 340 g/mol. The number of anilines is 1. The Morgan fingerprint density at radius 2 is 1.96 bits per heavy atom. The number of aromatic nitrogens is 2. The third kappa shape index (κ3) is 3.61. The molecule has 23 heavy (non-hydrogen) atoms. The first-order chi connectivity index (χ1) is 11.0. The average Bonchev–Trinajstić information content (AvgIpc) is 2.94. The second kappa shape index (κ2) is 6.40. The molecule has 1 unspecified atom stereocenters. The van der Waals surface area contributed by atoms with Crippen LogP contribution in [0.2, 0.25) is 0 Å². The fourth-order valence-corrected chi connectivity index (χ4v) is 4.58. The summed E-state index contributed by atoms with van der Waals surface area (Å²) in [7, 11) is -1.39. The van der Waals surface area contributed by atoms with E-state index in [9.17, 15) is 13.2 Å². The van der Waals surface area contributed by atoms with E-state index in [2.05, 4.69) is 9.97 Å². The lowest BCUT2D eigenvalue weighted by Gasteiger charge is -2.27. The highest BCUT2D eigenvalue weighted by Crippen LogP contribution is 2.18. The number of carbonyl (C=O) groups excluding carboxylic acids is 1. The van der Waals surface area contributed by atoms with Crippen LogP contribution in [0, 0.1) is 0 Å². The Kier molecular flexibility index (Phi) is 4.49. The molecule has 2 saturated heterocycles. The Bertz CT molecular complexity index is 671. The van der Waals surface area contributed by atoms with Crippen molar-refractivity contribution in [1.29, 1.82) is 0 Å². The van der Waals surface area contributed by atoms with Crippen molar-refractivity contribution in [1.82, 2.24) is 14.9 Å². The van der Waals surface area contributed by atoms with Crippen molar-refractivity contribution in [2.24, 2.45) is 0 Å². The van der Waals surface area contributed by atoms with Crippen molar-refractivity contribution in [3.8, 4) is 0 Å². The molecule has 0 spiro atoms. The first-order valence-electron chi connectivity index (χ1n) is 7.58. The number of hydrogen-bond donors (Lipinski definition) is 0. The van der Waals surface area contributed by atoms with Gasteiger partial charge in [-0.2, -0.15) is 0 Å². The maximum absolute atomic E-state index is 12.4. The standard InChI is InChI=1S/C14H20N4O4S/c1-17(12-2-7-23(20,21)10-12)13(19)11-8-15-14(16-9-11)18-3-5-22-6-4-18/h8-9,12H,2-7,10H2,1H3. The number of nitrogens with zero attached hydrogens (tertiary/aromatic N) is 4. The number of amides is 1. The molecule has 8 nitrogen and oxygen atoms in total. The molecule has 0 aromatic carbocycles. The number of carbonyl (C=O) groups is 1. The van der Waals surface area contributed by atoms with E-state index in [1.165, 1.54) is 17.3 Å². The fraction of sp³-hybridized carbons (Fsp3) is 0.643. The number of morpholine rings is 1. The molecule has 3 rings (SSSR count). The highest BCUT2D eigenvalue weighted by molar-refractivity contribution is 7.91. The highest BCUT2D eigenvalue weighted by Gasteiger charge is 2.33. The van der Waals surface area contributed by atoms with Gasteiger partial charge >= 0.3 is 0 Å². The maximum atomic E-state index is 12.4. The van der Waals surface area contributed by atoms with E-state index in [0.717, 1.165) is 13.1 Å².